The van der Waals surface area contributed by atoms with E-state index in [1.165, 1.54) is 18.4 Å². The number of nitrogens with one attached hydrogen (secondary N) is 1. The number of hydrogen-bond acceptors (Lipinski definition) is 5. The molecule has 0 radical (unpaired) electrons. The first-order chi connectivity index (χ1) is 15.6. The van der Waals surface area contributed by atoms with Gasteiger partial charge >= 0.3 is 0 Å². The summed E-state index contributed by atoms with van der Waals surface area (Å²) in [6, 6.07) is 15.6. The van der Waals surface area contributed by atoms with E-state index in [0.29, 0.717) is 18.8 Å². The molecule has 7 nitrogen and oxygen atoms in total. The highest BCUT2D eigenvalue weighted by Gasteiger charge is 2.31. The third-order valence-corrected chi connectivity index (χ3v) is 6.21. The Morgan fingerprint density at radius 2 is 1.88 bits per heavy atom. The average molecular weight is 438 g/mol. The van der Waals surface area contributed by atoms with Crippen molar-refractivity contribution >= 4 is 17.5 Å². The smallest absolute Gasteiger partial charge is 0.267 e. The van der Waals surface area contributed by atoms with Crippen molar-refractivity contribution in [2.24, 2.45) is 0 Å². The number of rotatable bonds is 8. The number of ether oxygens (including phenoxy) is 2. The number of nitrogens with zero attached hydrogens (tertiary/aromatic N) is 2. The minimum absolute atomic E-state index is 0.0628. The largest absolute Gasteiger partial charge is 0.497 e. The normalized spacial score (nSPS) is 19.2. The van der Waals surface area contributed by atoms with Crippen molar-refractivity contribution in [3.63, 3.8) is 0 Å². The van der Waals surface area contributed by atoms with Crippen LogP contribution in [-0.4, -0.2) is 56.1 Å². The van der Waals surface area contributed by atoms with Gasteiger partial charge in [-0.05, 0) is 62.7 Å². The van der Waals surface area contributed by atoms with Crippen molar-refractivity contribution in [3.8, 4) is 11.5 Å². The summed E-state index contributed by atoms with van der Waals surface area (Å²) >= 11 is 0. The van der Waals surface area contributed by atoms with Crippen molar-refractivity contribution < 1.29 is 19.1 Å². The molecule has 2 amide bonds. The first kappa shape index (κ1) is 22.1. The van der Waals surface area contributed by atoms with Crippen molar-refractivity contribution in [1.29, 1.82) is 0 Å². The molecule has 170 valence electrons. The lowest BCUT2D eigenvalue weighted by atomic mass is 10.1. The SMILES string of the molecule is COc1ccc(C(CNC(=O)CCN2C(=O)C(C)Oc3ccccc32)N2CCCC2)cc1. The van der Waals surface area contributed by atoms with Gasteiger partial charge in [0.1, 0.15) is 11.5 Å². The second-order valence-corrected chi connectivity index (χ2v) is 8.30. The summed E-state index contributed by atoms with van der Waals surface area (Å²) in [6.45, 7) is 4.66. The van der Waals surface area contributed by atoms with Crippen molar-refractivity contribution in [2.45, 2.75) is 38.3 Å². The van der Waals surface area contributed by atoms with Gasteiger partial charge in [-0.25, -0.2) is 0 Å². The van der Waals surface area contributed by atoms with Gasteiger partial charge in [-0.2, -0.15) is 0 Å². The van der Waals surface area contributed by atoms with Crippen LogP contribution in [0, 0.1) is 0 Å². The van der Waals surface area contributed by atoms with E-state index in [-0.39, 0.29) is 24.3 Å². The Morgan fingerprint density at radius 1 is 1.16 bits per heavy atom. The summed E-state index contributed by atoms with van der Waals surface area (Å²) in [6.07, 6.45) is 2.04. The highest BCUT2D eigenvalue weighted by atomic mass is 16.5. The highest BCUT2D eigenvalue weighted by Crippen LogP contribution is 2.33. The molecule has 0 aliphatic carbocycles. The zero-order valence-corrected chi connectivity index (χ0v) is 18.8. The molecule has 2 aliphatic rings. The highest BCUT2D eigenvalue weighted by molar-refractivity contribution is 6.00. The third-order valence-electron chi connectivity index (χ3n) is 6.21. The number of amides is 2. The summed E-state index contributed by atoms with van der Waals surface area (Å²) < 4.78 is 11.0. The van der Waals surface area contributed by atoms with E-state index in [0.717, 1.165) is 24.5 Å². The van der Waals surface area contributed by atoms with Crippen LogP contribution in [0.3, 0.4) is 0 Å². The first-order valence-corrected chi connectivity index (χ1v) is 11.3. The van der Waals surface area contributed by atoms with Crippen LogP contribution in [0.4, 0.5) is 5.69 Å². The Kier molecular flexibility index (Phi) is 6.95. The van der Waals surface area contributed by atoms with Gasteiger partial charge in [-0.15, -0.1) is 0 Å². The predicted octanol–water partition coefficient (Wildman–Crippen LogP) is 3.15. The lowest BCUT2D eigenvalue weighted by Crippen LogP contribution is -2.46. The molecule has 0 aromatic heterocycles. The number of hydrogen-bond donors (Lipinski definition) is 1. The van der Waals surface area contributed by atoms with E-state index in [2.05, 4.69) is 22.3 Å². The average Bonchev–Trinajstić information content (AvgIpc) is 3.34. The van der Waals surface area contributed by atoms with Gasteiger partial charge in [0.25, 0.3) is 5.91 Å². The predicted molar refractivity (Wildman–Crippen MR) is 123 cm³/mol. The van der Waals surface area contributed by atoms with Crippen molar-refractivity contribution in [1.82, 2.24) is 10.2 Å². The fraction of sp³-hybridized carbons (Fsp3) is 0.440. The molecule has 7 heteroatoms. The molecule has 1 fully saturated rings. The molecule has 2 aliphatic heterocycles. The number of methoxy groups -OCH3 is 1. The number of carbonyl (C=O) groups is 2. The molecule has 0 spiro atoms. The van der Waals surface area contributed by atoms with Crippen LogP contribution in [-0.2, 0) is 9.59 Å². The van der Waals surface area contributed by atoms with Gasteiger partial charge in [0.2, 0.25) is 5.91 Å². The van der Waals surface area contributed by atoms with Gasteiger partial charge < -0.3 is 19.7 Å². The fourth-order valence-electron chi connectivity index (χ4n) is 4.44. The lowest BCUT2D eigenvalue weighted by molar-refractivity contribution is -0.125. The van der Waals surface area contributed by atoms with Gasteiger partial charge in [0.05, 0.1) is 18.8 Å². The zero-order valence-electron chi connectivity index (χ0n) is 18.8. The standard InChI is InChI=1S/C25H31N3O4/c1-18-25(30)28(21-7-3-4-8-23(21)32-18)16-13-24(29)26-17-22(27-14-5-6-15-27)19-9-11-20(31-2)12-10-19/h3-4,7-12,18,22H,5-6,13-17H2,1-2H3,(H,26,29). The van der Waals surface area contributed by atoms with Crippen LogP contribution >= 0.6 is 0 Å². The molecule has 2 aromatic rings. The van der Waals surface area contributed by atoms with Crippen LogP contribution in [0.2, 0.25) is 0 Å². The Hall–Kier alpha value is -3.06. The number of benzene rings is 2. The van der Waals surface area contributed by atoms with Gasteiger partial charge in [-0.3, -0.25) is 14.5 Å². The van der Waals surface area contributed by atoms with E-state index < -0.39 is 6.10 Å². The zero-order chi connectivity index (χ0) is 22.5. The van der Waals surface area contributed by atoms with Crippen molar-refractivity contribution in [2.75, 3.05) is 38.2 Å². The Balaban J connectivity index is 1.38. The van der Waals surface area contributed by atoms with Gasteiger partial charge in [0.15, 0.2) is 6.10 Å². The molecule has 2 aromatic carbocycles. The van der Waals surface area contributed by atoms with Gasteiger partial charge in [-0.1, -0.05) is 24.3 Å². The maximum absolute atomic E-state index is 12.7. The van der Waals surface area contributed by atoms with Gasteiger partial charge in [0, 0.05) is 19.5 Å². The maximum atomic E-state index is 12.7. The molecule has 1 N–H and O–H groups in total. The molecule has 32 heavy (non-hydrogen) atoms. The summed E-state index contributed by atoms with van der Waals surface area (Å²) in [5.74, 6) is 1.31. The first-order valence-electron chi connectivity index (χ1n) is 11.3. The second-order valence-electron chi connectivity index (χ2n) is 8.30. The van der Waals surface area contributed by atoms with Crippen LogP contribution < -0.4 is 19.7 Å². The Bertz CT molecular complexity index is 940. The molecular weight excluding hydrogens is 406 g/mol. The van der Waals surface area contributed by atoms with Crippen LogP contribution in [0.25, 0.3) is 0 Å². The fourth-order valence-corrected chi connectivity index (χ4v) is 4.44. The van der Waals surface area contributed by atoms with Crippen LogP contribution in [0.15, 0.2) is 48.5 Å². The second kappa shape index (κ2) is 10.0. The van der Waals surface area contributed by atoms with E-state index in [1.807, 2.05) is 36.4 Å². The molecule has 2 unspecified atom stereocenters. The van der Waals surface area contributed by atoms with E-state index in [4.69, 9.17) is 9.47 Å². The summed E-state index contributed by atoms with van der Waals surface area (Å²) in [4.78, 5) is 29.4. The number of fused-ring (bicyclic) bond motifs is 1. The summed E-state index contributed by atoms with van der Waals surface area (Å²) in [7, 11) is 1.66. The third kappa shape index (κ3) is 4.88. The molecule has 4 rings (SSSR count). The quantitative estimate of drug-likeness (QED) is 0.687. The molecule has 2 heterocycles. The van der Waals surface area contributed by atoms with E-state index in [9.17, 15) is 9.59 Å². The van der Waals surface area contributed by atoms with E-state index >= 15 is 0 Å². The maximum Gasteiger partial charge on any atom is 0.267 e. The topological polar surface area (TPSA) is 71.1 Å². The Morgan fingerprint density at radius 3 is 2.59 bits per heavy atom. The number of carbonyl (C=O) groups excluding carboxylic acids is 2. The summed E-state index contributed by atoms with van der Waals surface area (Å²) in [5, 5.41) is 3.10. The van der Waals surface area contributed by atoms with E-state index in [1.54, 1.807) is 18.9 Å². The molecular formula is C25H31N3O4. The minimum Gasteiger partial charge on any atom is -0.497 e. The number of para-hydroxylation sites is 2. The summed E-state index contributed by atoms with van der Waals surface area (Å²) in [5.41, 5.74) is 1.88. The minimum atomic E-state index is -0.553. The van der Waals surface area contributed by atoms with Crippen LogP contribution in [0.5, 0.6) is 11.5 Å². The number of anilines is 1. The Labute approximate surface area is 189 Å². The molecule has 0 saturated carbocycles. The van der Waals surface area contributed by atoms with Crippen molar-refractivity contribution in [3.05, 3.63) is 54.1 Å². The van der Waals surface area contributed by atoms with Crippen LogP contribution in [0.1, 0.15) is 37.8 Å². The monoisotopic (exact) mass is 437 g/mol. The molecule has 1 saturated heterocycles. The lowest BCUT2D eigenvalue weighted by Gasteiger charge is -2.33. The number of likely N-dealkylation sites (tertiary alicyclic amines) is 1. The molecule has 0 bridgehead atoms. The molecule has 2 atom stereocenters.